The first-order valence-electron chi connectivity index (χ1n) is 6.11. The van der Waals surface area contributed by atoms with Crippen LogP contribution in [0.15, 0.2) is 48.8 Å². The highest BCUT2D eigenvalue weighted by molar-refractivity contribution is 5.62. The standard InChI is InChI=1S/C15H17FN2O/c1-19-15(14(17)9-16)12-6-4-11(5-7-12)13-3-2-8-18-10-13/h2-8,10,14-15H,9,17H2,1H3. The third-order valence-electron chi connectivity index (χ3n) is 3.06. The van der Waals surface area contributed by atoms with Gasteiger partial charge < -0.3 is 10.5 Å². The Labute approximate surface area is 112 Å². The summed E-state index contributed by atoms with van der Waals surface area (Å²) in [6.07, 6.45) is 3.11. The van der Waals surface area contributed by atoms with E-state index < -0.39 is 18.8 Å². The number of alkyl halides is 1. The van der Waals surface area contributed by atoms with Gasteiger partial charge >= 0.3 is 0 Å². The Balaban J connectivity index is 2.23. The summed E-state index contributed by atoms with van der Waals surface area (Å²) in [5, 5.41) is 0. The second-order valence-corrected chi connectivity index (χ2v) is 4.34. The fraction of sp³-hybridized carbons (Fsp3) is 0.267. The van der Waals surface area contributed by atoms with Gasteiger partial charge in [0, 0.05) is 19.5 Å². The lowest BCUT2D eigenvalue weighted by molar-refractivity contribution is 0.0721. The molecule has 0 saturated carbocycles. The molecule has 4 heteroatoms. The molecule has 0 aliphatic carbocycles. The van der Waals surface area contributed by atoms with Crippen LogP contribution in [0.5, 0.6) is 0 Å². The van der Waals surface area contributed by atoms with Crippen LogP contribution in [0.1, 0.15) is 11.7 Å². The Morgan fingerprint density at radius 1 is 1.21 bits per heavy atom. The molecule has 2 unspecified atom stereocenters. The Hall–Kier alpha value is -1.78. The smallest absolute Gasteiger partial charge is 0.107 e. The number of hydrogen-bond donors (Lipinski definition) is 1. The van der Waals surface area contributed by atoms with Gasteiger partial charge in [-0.05, 0) is 22.8 Å². The number of nitrogens with two attached hydrogens (primary N) is 1. The molecule has 0 radical (unpaired) electrons. The molecule has 2 aromatic rings. The molecule has 0 fully saturated rings. The van der Waals surface area contributed by atoms with Crippen molar-refractivity contribution in [2.75, 3.05) is 13.8 Å². The number of benzene rings is 1. The Bertz CT molecular complexity index is 501. The van der Waals surface area contributed by atoms with Crippen molar-refractivity contribution in [3.05, 3.63) is 54.4 Å². The van der Waals surface area contributed by atoms with E-state index in [4.69, 9.17) is 10.5 Å². The van der Waals surface area contributed by atoms with Gasteiger partial charge in [0.1, 0.15) is 6.67 Å². The van der Waals surface area contributed by atoms with E-state index in [0.717, 1.165) is 16.7 Å². The van der Waals surface area contributed by atoms with Crippen LogP contribution in [0.4, 0.5) is 4.39 Å². The summed E-state index contributed by atoms with van der Waals surface area (Å²) >= 11 is 0. The van der Waals surface area contributed by atoms with Crippen LogP contribution in [0.3, 0.4) is 0 Å². The maximum atomic E-state index is 12.6. The summed E-state index contributed by atoms with van der Waals surface area (Å²) in [4.78, 5) is 4.08. The first-order chi connectivity index (χ1) is 9.26. The SMILES string of the molecule is COC(c1ccc(-c2cccnc2)cc1)C(N)CF. The zero-order valence-corrected chi connectivity index (χ0v) is 10.8. The third kappa shape index (κ3) is 3.16. The lowest BCUT2D eigenvalue weighted by Crippen LogP contribution is -2.31. The van der Waals surface area contributed by atoms with Crippen LogP contribution >= 0.6 is 0 Å². The molecule has 1 heterocycles. The first-order valence-corrected chi connectivity index (χ1v) is 6.11. The molecule has 0 bridgehead atoms. The predicted molar refractivity (Wildman–Crippen MR) is 73.4 cm³/mol. The summed E-state index contributed by atoms with van der Waals surface area (Å²) in [7, 11) is 1.54. The second-order valence-electron chi connectivity index (χ2n) is 4.34. The summed E-state index contributed by atoms with van der Waals surface area (Å²) in [5.74, 6) is 0. The summed E-state index contributed by atoms with van der Waals surface area (Å²) in [6, 6.07) is 11.0. The fourth-order valence-electron chi connectivity index (χ4n) is 2.04. The van der Waals surface area contributed by atoms with Crippen LogP contribution in [-0.4, -0.2) is 24.8 Å². The number of aromatic nitrogens is 1. The van der Waals surface area contributed by atoms with E-state index in [-0.39, 0.29) is 0 Å². The lowest BCUT2D eigenvalue weighted by atomic mass is 10.00. The molecular formula is C15H17FN2O. The van der Waals surface area contributed by atoms with Crippen molar-refractivity contribution in [3.63, 3.8) is 0 Å². The van der Waals surface area contributed by atoms with Crippen LogP contribution < -0.4 is 5.73 Å². The summed E-state index contributed by atoms with van der Waals surface area (Å²) in [6.45, 7) is -0.608. The number of ether oxygens (including phenoxy) is 1. The number of halogens is 1. The minimum Gasteiger partial charge on any atom is -0.375 e. The molecule has 3 nitrogen and oxygen atoms in total. The van der Waals surface area contributed by atoms with Crippen LogP contribution in [0, 0.1) is 0 Å². The maximum absolute atomic E-state index is 12.6. The molecular weight excluding hydrogens is 243 g/mol. The van der Waals surface area contributed by atoms with Crippen molar-refractivity contribution in [2.24, 2.45) is 5.73 Å². The van der Waals surface area contributed by atoms with Gasteiger partial charge in [-0.15, -0.1) is 0 Å². The van der Waals surface area contributed by atoms with Crippen LogP contribution in [0.25, 0.3) is 11.1 Å². The number of pyridine rings is 1. The molecule has 0 aliphatic rings. The first kappa shape index (κ1) is 13.6. The van der Waals surface area contributed by atoms with E-state index in [0.29, 0.717) is 0 Å². The quantitative estimate of drug-likeness (QED) is 0.899. The maximum Gasteiger partial charge on any atom is 0.107 e. The molecule has 0 aliphatic heterocycles. The van der Waals surface area contributed by atoms with E-state index in [9.17, 15) is 4.39 Å². The van der Waals surface area contributed by atoms with E-state index in [2.05, 4.69) is 4.98 Å². The molecule has 1 aromatic carbocycles. The van der Waals surface area contributed by atoms with Gasteiger partial charge in [0.2, 0.25) is 0 Å². The van der Waals surface area contributed by atoms with Gasteiger partial charge in [-0.25, -0.2) is 4.39 Å². The van der Waals surface area contributed by atoms with Crippen molar-refractivity contribution in [1.29, 1.82) is 0 Å². The normalized spacial score (nSPS) is 14.1. The van der Waals surface area contributed by atoms with Crippen LogP contribution in [0.2, 0.25) is 0 Å². The number of nitrogens with zero attached hydrogens (tertiary/aromatic N) is 1. The summed E-state index contributed by atoms with van der Waals surface area (Å²) < 4.78 is 17.9. The molecule has 19 heavy (non-hydrogen) atoms. The molecule has 0 spiro atoms. The van der Waals surface area contributed by atoms with Crippen LogP contribution in [-0.2, 0) is 4.74 Å². The van der Waals surface area contributed by atoms with Gasteiger partial charge in [0.15, 0.2) is 0 Å². The number of methoxy groups -OCH3 is 1. The zero-order valence-electron chi connectivity index (χ0n) is 10.8. The van der Waals surface area contributed by atoms with E-state index in [1.165, 1.54) is 7.11 Å². The highest BCUT2D eigenvalue weighted by Gasteiger charge is 2.19. The van der Waals surface area contributed by atoms with Crippen molar-refractivity contribution in [2.45, 2.75) is 12.1 Å². The largest absolute Gasteiger partial charge is 0.375 e. The number of hydrogen-bond acceptors (Lipinski definition) is 3. The average molecular weight is 260 g/mol. The van der Waals surface area contributed by atoms with Gasteiger partial charge in [-0.2, -0.15) is 0 Å². The Kier molecular flexibility index (Phi) is 4.60. The highest BCUT2D eigenvalue weighted by Crippen LogP contribution is 2.24. The molecule has 0 saturated heterocycles. The molecule has 1 aromatic heterocycles. The van der Waals surface area contributed by atoms with Gasteiger partial charge in [-0.3, -0.25) is 4.98 Å². The van der Waals surface area contributed by atoms with E-state index in [1.54, 1.807) is 12.4 Å². The Morgan fingerprint density at radius 2 is 1.95 bits per heavy atom. The monoisotopic (exact) mass is 260 g/mol. The van der Waals surface area contributed by atoms with Gasteiger partial charge in [-0.1, -0.05) is 30.3 Å². The van der Waals surface area contributed by atoms with Crippen molar-refractivity contribution in [1.82, 2.24) is 4.98 Å². The zero-order chi connectivity index (χ0) is 13.7. The van der Waals surface area contributed by atoms with Gasteiger partial charge in [0.05, 0.1) is 12.1 Å². The lowest BCUT2D eigenvalue weighted by Gasteiger charge is -2.20. The van der Waals surface area contributed by atoms with Crippen molar-refractivity contribution >= 4 is 0 Å². The van der Waals surface area contributed by atoms with Crippen molar-refractivity contribution in [3.8, 4) is 11.1 Å². The molecule has 2 rings (SSSR count). The minimum atomic E-state index is -0.644. The van der Waals surface area contributed by atoms with E-state index in [1.807, 2.05) is 36.4 Å². The molecule has 2 atom stereocenters. The molecule has 100 valence electrons. The highest BCUT2D eigenvalue weighted by atomic mass is 19.1. The molecule has 0 amide bonds. The fourth-order valence-corrected chi connectivity index (χ4v) is 2.04. The van der Waals surface area contributed by atoms with E-state index >= 15 is 0 Å². The average Bonchev–Trinajstić information content (AvgIpc) is 2.49. The Morgan fingerprint density at radius 3 is 2.47 bits per heavy atom. The van der Waals surface area contributed by atoms with Gasteiger partial charge in [0.25, 0.3) is 0 Å². The minimum absolute atomic E-state index is 0.423. The number of rotatable bonds is 5. The molecule has 2 N–H and O–H groups in total. The third-order valence-corrected chi connectivity index (χ3v) is 3.06. The second kappa shape index (κ2) is 6.41. The summed E-state index contributed by atoms with van der Waals surface area (Å²) in [5.41, 5.74) is 8.67. The van der Waals surface area contributed by atoms with Crippen molar-refractivity contribution < 1.29 is 9.13 Å². The predicted octanol–water partition coefficient (Wildman–Crippen LogP) is 2.73. The topological polar surface area (TPSA) is 48.1 Å².